The molecular formula is C16H16F2N2O4. The summed E-state index contributed by atoms with van der Waals surface area (Å²) in [7, 11) is 1.25. The van der Waals surface area contributed by atoms with Crippen LogP contribution in [0.5, 0.6) is 0 Å². The number of halogens is 2. The predicted molar refractivity (Wildman–Crippen MR) is 79.5 cm³/mol. The lowest BCUT2D eigenvalue weighted by Gasteiger charge is -2.38. The summed E-state index contributed by atoms with van der Waals surface area (Å²) in [6.07, 6.45) is 0.283. The molecule has 3 rings (SSSR count). The molecule has 0 aliphatic carbocycles. The van der Waals surface area contributed by atoms with Gasteiger partial charge in [-0.1, -0.05) is 6.07 Å². The number of ether oxygens (including phenoxy) is 1. The van der Waals surface area contributed by atoms with Crippen molar-refractivity contribution in [1.29, 1.82) is 0 Å². The average molecular weight is 338 g/mol. The van der Waals surface area contributed by atoms with E-state index in [1.165, 1.54) is 24.1 Å². The van der Waals surface area contributed by atoms with Crippen LogP contribution in [0.25, 0.3) is 0 Å². The molecule has 8 heteroatoms. The van der Waals surface area contributed by atoms with Crippen LogP contribution >= 0.6 is 0 Å². The van der Waals surface area contributed by atoms with Crippen LogP contribution in [0.4, 0.5) is 13.6 Å². The van der Waals surface area contributed by atoms with Gasteiger partial charge in [0, 0.05) is 30.2 Å². The third-order valence-corrected chi connectivity index (χ3v) is 4.28. The number of rotatable bonds is 2. The number of methoxy groups -OCH3 is 1. The molecule has 1 aliphatic heterocycles. The van der Waals surface area contributed by atoms with E-state index in [1.807, 2.05) is 0 Å². The maximum Gasteiger partial charge on any atom is 0.409 e. The fourth-order valence-corrected chi connectivity index (χ4v) is 3.12. The van der Waals surface area contributed by atoms with Gasteiger partial charge >= 0.3 is 6.09 Å². The fraction of sp³-hybridized carbons (Fsp3) is 0.375. The number of nitrogens with one attached hydrogen (secondary N) is 1. The largest absolute Gasteiger partial charge is 0.453 e. The molecule has 1 saturated heterocycles. The van der Waals surface area contributed by atoms with Gasteiger partial charge in [-0.05, 0) is 18.9 Å². The molecule has 0 radical (unpaired) electrons. The monoisotopic (exact) mass is 338 g/mol. The first-order valence-electron chi connectivity index (χ1n) is 7.47. The molecule has 2 heterocycles. The van der Waals surface area contributed by atoms with Gasteiger partial charge in [0.15, 0.2) is 0 Å². The van der Waals surface area contributed by atoms with Gasteiger partial charge in [-0.3, -0.25) is 4.79 Å². The van der Waals surface area contributed by atoms with E-state index < -0.39 is 23.8 Å². The highest BCUT2D eigenvalue weighted by Crippen LogP contribution is 2.40. The number of hydrogen-bond acceptors (Lipinski definition) is 4. The van der Waals surface area contributed by atoms with Crippen LogP contribution in [0, 0.1) is 11.6 Å². The van der Waals surface area contributed by atoms with Crippen molar-refractivity contribution >= 4 is 6.09 Å². The zero-order valence-electron chi connectivity index (χ0n) is 12.9. The fourth-order valence-electron chi connectivity index (χ4n) is 3.12. The maximum absolute atomic E-state index is 14.2. The molecule has 1 N–H and O–H groups in total. The number of benzene rings is 1. The molecule has 0 bridgehead atoms. The number of aromatic amines is 1. The number of likely N-dealkylation sites (tertiary alicyclic amines) is 1. The van der Waals surface area contributed by atoms with Crippen molar-refractivity contribution < 1.29 is 22.8 Å². The molecule has 24 heavy (non-hydrogen) atoms. The van der Waals surface area contributed by atoms with Crippen LogP contribution in [0.15, 0.2) is 33.6 Å². The van der Waals surface area contributed by atoms with Crippen molar-refractivity contribution in [3.63, 3.8) is 0 Å². The minimum atomic E-state index is -0.731. The van der Waals surface area contributed by atoms with Crippen LogP contribution < -0.4 is 5.56 Å². The number of H-pyrrole nitrogens is 1. The van der Waals surface area contributed by atoms with E-state index in [-0.39, 0.29) is 17.0 Å². The molecule has 1 aromatic heterocycles. The molecule has 0 saturated carbocycles. The molecule has 2 aromatic rings. The van der Waals surface area contributed by atoms with E-state index in [0.29, 0.717) is 25.1 Å². The first kappa shape index (κ1) is 16.2. The smallest absolute Gasteiger partial charge is 0.409 e. The Kier molecular flexibility index (Phi) is 4.37. The van der Waals surface area contributed by atoms with Crippen molar-refractivity contribution in [2.75, 3.05) is 13.7 Å². The number of nitrogens with zero attached hydrogens (tertiary/aromatic N) is 1. The van der Waals surface area contributed by atoms with Crippen LogP contribution in [0.1, 0.15) is 36.1 Å². The quantitative estimate of drug-likeness (QED) is 0.913. The second-order valence-electron chi connectivity index (χ2n) is 5.68. The predicted octanol–water partition coefficient (Wildman–Crippen LogP) is 2.93. The van der Waals surface area contributed by atoms with Crippen LogP contribution in [0.3, 0.4) is 0 Å². The molecule has 1 fully saturated rings. The third kappa shape index (κ3) is 3.04. The maximum atomic E-state index is 14.2. The summed E-state index contributed by atoms with van der Waals surface area (Å²) < 4.78 is 37.3. The molecule has 1 amide bonds. The van der Waals surface area contributed by atoms with E-state index in [9.17, 15) is 18.4 Å². The lowest BCUT2D eigenvalue weighted by Crippen LogP contribution is -2.40. The Morgan fingerprint density at radius 3 is 2.79 bits per heavy atom. The van der Waals surface area contributed by atoms with Gasteiger partial charge in [0.1, 0.15) is 17.4 Å². The standard InChI is InChI=1S/C16H16F2N2O4/c1-23-16(22)20-5-4-9(14-8-15(21)19-24-14)6-13(20)11-3-2-10(17)7-12(11)18/h2-3,7-9,13H,4-6H2,1H3,(H,19,21). The molecule has 2 unspecified atom stereocenters. The van der Waals surface area contributed by atoms with Gasteiger partial charge in [0.2, 0.25) is 0 Å². The molecule has 128 valence electrons. The molecule has 2 atom stereocenters. The Labute approximate surface area is 136 Å². The van der Waals surface area contributed by atoms with E-state index in [1.54, 1.807) is 0 Å². The summed E-state index contributed by atoms with van der Waals surface area (Å²) >= 11 is 0. The van der Waals surface area contributed by atoms with Gasteiger partial charge in [-0.15, -0.1) is 0 Å². The number of aromatic nitrogens is 1. The van der Waals surface area contributed by atoms with E-state index >= 15 is 0 Å². The van der Waals surface area contributed by atoms with Crippen molar-refractivity contribution in [3.05, 3.63) is 57.6 Å². The SMILES string of the molecule is COC(=O)N1CCC(c2cc(=O)[nH]o2)CC1c1ccc(F)cc1F. The lowest BCUT2D eigenvalue weighted by atomic mass is 9.85. The summed E-state index contributed by atoms with van der Waals surface area (Å²) in [6, 6.07) is 3.95. The highest BCUT2D eigenvalue weighted by atomic mass is 19.1. The summed E-state index contributed by atoms with van der Waals surface area (Å²) in [5.74, 6) is -1.13. The summed E-state index contributed by atoms with van der Waals surface area (Å²) in [5, 5.41) is 2.23. The number of piperidine rings is 1. The molecule has 0 spiro atoms. The molecule has 1 aliphatic rings. The first-order chi connectivity index (χ1) is 11.5. The minimum Gasteiger partial charge on any atom is -0.453 e. The molecular weight excluding hydrogens is 322 g/mol. The summed E-state index contributed by atoms with van der Waals surface area (Å²) in [4.78, 5) is 24.7. The first-order valence-corrected chi connectivity index (χ1v) is 7.47. The van der Waals surface area contributed by atoms with E-state index in [2.05, 4.69) is 5.16 Å². The zero-order valence-corrected chi connectivity index (χ0v) is 12.9. The van der Waals surface area contributed by atoms with Crippen molar-refractivity contribution in [1.82, 2.24) is 10.1 Å². The van der Waals surface area contributed by atoms with Crippen LogP contribution in [0.2, 0.25) is 0 Å². The summed E-state index contributed by atoms with van der Waals surface area (Å²) in [6.45, 7) is 0.299. The lowest BCUT2D eigenvalue weighted by molar-refractivity contribution is 0.0804. The molecule has 1 aromatic carbocycles. The second-order valence-corrected chi connectivity index (χ2v) is 5.68. The minimum absolute atomic E-state index is 0.167. The topological polar surface area (TPSA) is 75.5 Å². The Bertz CT molecular complexity index is 801. The van der Waals surface area contributed by atoms with Crippen molar-refractivity contribution in [2.24, 2.45) is 0 Å². The van der Waals surface area contributed by atoms with Crippen molar-refractivity contribution in [3.8, 4) is 0 Å². The highest BCUT2D eigenvalue weighted by molar-refractivity contribution is 5.68. The van der Waals surface area contributed by atoms with Gasteiger partial charge in [0.25, 0.3) is 5.56 Å². The van der Waals surface area contributed by atoms with Gasteiger partial charge < -0.3 is 14.2 Å². The van der Waals surface area contributed by atoms with Crippen molar-refractivity contribution in [2.45, 2.75) is 24.8 Å². The number of hydrogen-bond donors (Lipinski definition) is 1. The van der Waals surface area contributed by atoms with E-state index in [0.717, 1.165) is 12.1 Å². The third-order valence-electron chi connectivity index (χ3n) is 4.28. The average Bonchev–Trinajstić information content (AvgIpc) is 3.00. The number of carbonyl (C=O) groups excluding carboxylic acids is 1. The van der Waals surface area contributed by atoms with Gasteiger partial charge in [-0.2, -0.15) is 5.16 Å². The Morgan fingerprint density at radius 1 is 1.38 bits per heavy atom. The van der Waals surface area contributed by atoms with E-state index in [4.69, 9.17) is 9.26 Å². The van der Waals surface area contributed by atoms with Gasteiger partial charge in [0.05, 0.1) is 13.2 Å². The Balaban J connectivity index is 1.95. The zero-order chi connectivity index (χ0) is 17.3. The molecule has 6 nitrogen and oxygen atoms in total. The summed E-state index contributed by atoms with van der Waals surface area (Å²) in [5.41, 5.74) is -0.158. The van der Waals surface area contributed by atoms with Crippen LogP contribution in [-0.4, -0.2) is 29.8 Å². The van der Waals surface area contributed by atoms with Gasteiger partial charge in [-0.25, -0.2) is 13.6 Å². The Hall–Kier alpha value is -2.64. The highest BCUT2D eigenvalue weighted by Gasteiger charge is 2.36. The number of amides is 1. The normalized spacial score (nSPS) is 20.9. The Morgan fingerprint density at radius 2 is 2.17 bits per heavy atom. The van der Waals surface area contributed by atoms with Crippen LogP contribution in [-0.2, 0) is 4.74 Å². The number of carbonyl (C=O) groups is 1. The second kappa shape index (κ2) is 6.46.